The van der Waals surface area contributed by atoms with Gasteiger partial charge in [-0.25, -0.2) is 4.68 Å². The van der Waals surface area contributed by atoms with Gasteiger partial charge in [-0.2, -0.15) is 5.26 Å². The van der Waals surface area contributed by atoms with E-state index in [1.807, 2.05) is 24.3 Å². The first-order valence-corrected chi connectivity index (χ1v) is 7.84. The molecule has 0 spiro atoms. The van der Waals surface area contributed by atoms with Gasteiger partial charge < -0.3 is 4.74 Å². The second-order valence-electron chi connectivity index (χ2n) is 5.18. The zero-order valence-corrected chi connectivity index (χ0v) is 13.4. The van der Waals surface area contributed by atoms with E-state index in [9.17, 15) is 5.26 Å². The first-order chi connectivity index (χ1) is 10.8. The molecule has 1 heterocycles. The Labute approximate surface area is 131 Å². The predicted octanol–water partition coefficient (Wildman–Crippen LogP) is 3.83. The summed E-state index contributed by atoms with van der Waals surface area (Å²) >= 11 is 0. The van der Waals surface area contributed by atoms with E-state index in [2.05, 4.69) is 37.2 Å². The first-order valence-electron chi connectivity index (χ1n) is 7.84. The normalized spacial score (nSPS) is 10.7. The van der Waals surface area contributed by atoms with Gasteiger partial charge in [-0.05, 0) is 31.4 Å². The lowest BCUT2D eigenvalue weighted by Gasteiger charge is -2.16. The van der Waals surface area contributed by atoms with Gasteiger partial charge in [0.05, 0.1) is 12.3 Å². The lowest BCUT2D eigenvalue weighted by atomic mass is 9.97. The highest BCUT2D eigenvalue weighted by Crippen LogP contribution is 2.30. The maximum absolute atomic E-state index is 9.33. The Balaban J connectivity index is 2.54. The van der Waals surface area contributed by atoms with Crippen molar-refractivity contribution >= 4 is 0 Å². The van der Waals surface area contributed by atoms with E-state index >= 15 is 0 Å². The standard InChI is InChI=1S/C17H22N4O/c1-4-11-22-16-10-8-7-9-15(16)21-17(13(5-2)6-3)14(12-18)19-20-21/h7-10,13H,4-6,11H2,1-3H3. The van der Waals surface area contributed by atoms with E-state index < -0.39 is 0 Å². The van der Waals surface area contributed by atoms with Gasteiger partial charge in [0, 0.05) is 5.92 Å². The van der Waals surface area contributed by atoms with Crippen molar-refractivity contribution in [2.75, 3.05) is 6.61 Å². The van der Waals surface area contributed by atoms with Crippen LogP contribution in [0.3, 0.4) is 0 Å². The van der Waals surface area contributed by atoms with Crippen LogP contribution in [0.4, 0.5) is 0 Å². The SMILES string of the molecule is CCCOc1ccccc1-n1nnc(C#N)c1C(CC)CC. The molecule has 0 unspecified atom stereocenters. The highest BCUT2D eigenvalue weighted by molar-refractivity contribution is 5.48. The number of benzene rings is 1. The Morgan fingerprint density at radius 1 is 1.23 bits per heavy atom. The molecule has 2 aromatic rings. The molecule has 0 fully saturated rings. The summed E-state index contributed by atoms with van der Waals surface area (Å²) in [7, 11) is 0. The molecule has 0 aliphatic heterocycles. The molecule has 2 rings (SSSR count). The van der Waals surface area contributed by atoms with Crippen molar-refractivity contribution < 1.29 is 4.74 Å². The third-order valence-corrected chi connectivity index (χ3v) is 3.74. The van der Waals surface area contributed by atoms with Crippen molar-refractivity contribution in [3.63, 3.8) is 0 Å². The summed E-state index contributed by atoms with van der Waals surface area (Å²) in [5.41, 5.74) is 2.12. The molecule has 22 heavy (non-hydrogen) atoms. The molecule has 116 valence electrons. The highest BCUT2D eigenvalue weighted by atomic mass is 16.5. The van der Waals surface area contributed by atoms with Gasteiger partial charge in [0.25, 0.3) is 0 Å². The highest BCUT2D eigenvalue weighted by Gasteiger charge is 2.22. The zero-order chi connectivity index (χ0) is 15.9. The van der Waals surface area contributed by atoms with Gasteiger partial charge in [0.15, 0.2) is 5.69 Å². The van der Waals surface area contributed by atoms with Crippen LogP contribution in [0.2, 0.25) is 0 Å². The fourth-order valence-electron chi connectivity index (χ4n) is 2.55. The Morgan fingerprint density at radius 2 is 1.95 bits per heavy atom. The summed E-state index contributed by atoms with van der Waals surface area (Å²) in [5.74, 6) is 1.02. The Kier molecular flexibility index (Phi) is 5.54. The third kappa shape index (κ3) is 3.11. The molecule has 0 aliphatic carbocycles. The number of nitriles is 1. The summed E-state index contributed by atoms with van der Waals surface area (Å²) in [6.07, 6.45) is 2.82. The van der Waals surface area contributed by atoms with Gasteiger partial charge >= 0.3 is 0 Å². The van der Waals surface area contributed by atoms with Crippen LogP contribution in [0.1, 0.15) is 57.3 Å². The summed E-state index contributed by atoms with van der Waals surface area (Å²) in [5, 5.41) is 17.6. The summed E-state index contributed by atoms with van der Waals surface area (Å²) in [6.45, 7) is 6.96. The third-order valence-electron chi connectivity index (χ3n) is 3.74. The van der Waals surface area contributed by atoms with E-state index in [0.29, 0.717) is 12.3 Å². The molecule has 0 N–H and O–H groups in total. The number of hydrogen-bond donors (Lipinski definition) is 0. The quantitative estimate of drug-likeness (QED) is 0.779. The molecule has 0 bridgehead atoms. The largest absolute Gasteiger partial charge is 0.491 e. The fraction of sp³-hybridized carbons (Fsp3) is 0.471. The van der Waals surface area contributed by atoms with Crippen molar-refractivity contribution in [3.05, 3.63) is 35.7 Å². The average Bonchev–Trinajstić information content (AvgIpc) is 2.98. The Morgan fingerprint density at radius 3 is 2.59 bits per heavy atom. The molecule has 0 radical (unpaired) electrons. The molecular weight excluding hydrogens is 276 g/mol. The van der Waals surface area contributed by atoms with E-state index in [1.54, 1.807) is 4.68 Å². The molecule has 0 atom stereocenters. The van der Waals surface area contributed by atoms with Gasteiger partial charge in [-0.3, -0.25) is 0 Å². The second-order valence-corrected chi connectivity index (χ2v) is 5.18. The van der Waals surface area contributed by atoms with Gasteiger partial charge in [-0.15, -0.1) is 5.10 Å². The minimum atomic E-state index is 0.254. The van der Waals surface area contributed by atoms with E-state index in [0.717, 1.165) is 36.4 Å². The molecule has 0 aliphatic rings. The van der Waals surface area contributed by atoms with Crippen LogP contribution in [0.5, 0.6) is 5.75 Å². The molecule has 5 nitrogen and oxygen atoms in total. The Bertz CT molecular complexity index is 653. The molecule has 5 heteroatoms. The average molecular weight is 298 g/mol. The summed E-state index contributed by atoms with van der Waals surface area (Å²) in [4.78, 5) is 0. The fourth-order valence-corrected chi connectivity index (χ4v) is 2.55. The minimum absolute atomic E-state index is 0.254. The van der Waals surface area contributed by atoms with Crippen LogP contribution >= 0.6 is 0 Å². The van der Waals surface area contributed by atoms with Gasteiger partial charge in [0.1, 0.15) is 17.5 Å². The lowest BCUT2D eigenvalue weighted by Crippen LogP contribution is -2.10. The molecule has 0 amide bonds. The smallest absolute Gasteiger partial charge is 0.186 e. The van der Waals surface area contributed by atoms with Gasteiger partial charge in [0.2, 0.25) is 0 Å². The number of ether oxygens (including phenoxy) is 1. The number of aromatic nitrogens is 3. The van der Waals surface area contributed by atoms with Gasteiger partial charge in [-0.1, -0.05) is 38.1 Å². The molecule has 0 saturated carbocycles. The number of rotatable bonds is 7. The van der Waals surface area contributed by atoms with Crippen LogP contribution in [-0.2, 0) is 0 Å². The van der Waals surface area contributed by atoms with Crippen molar-refractivity contribution in [1.29, 1.82) is 5.26 Å². The Hall–Kier alpha value is -2.35. The maximum atomic E-state index is 9.33. The minimum Gasteiger partial charge on any atom is -0.491 e. The topological polar surface area (TPSA) is 63.7 Å². The summed E-state index contributed by atoms with van der Waals surface area (Å²) < 4.78 is 7.58. The molecule has 0 saturated heterocycles. The van der Waals surface area contributed by atoms with Crippen molar-refractivity contribution in [3.8, 4) is 17.5 Å². The van der Waals surface area contributed by atoms with E-state index in [1.165, 1.54) is 0 Å². The molecule has 1 aromatic heterocycles. The monoisotopic (exact) mass is 298 g/mol. The molecular formula is C17H22N4O. The number of nitrogens with zero attached hydrogens (tertiary/aromatic N) is 4. The van der Waals surface area contributed by atoms with Crippen molar-refractivity contribution in [2.24, 2.45) is 0 Å². The van der Waals surface area contributed by atoms with Crippen LogP contribution in [-0.4, -0.2) is 21.6 Å². The van der Waals surface area contributed by atoms with Crippen molar-refractivity contribution in [1.82, 2.24) is 15.0 Å². The van der Waals surface area contributed by atoms with Crippen LogP contribution in [0, 0.1) is 11.3 Å². The lowest BCUT2D eigenvalue weighted by molar-refractivity contribution is 0.315. The zero-order valence-electron chi connectivity index (χ0n) is 13.4. The van der Waals surface area contributed by atoms with Crippen LogP contribution in [0.15, 0.2) is 24.3 Å². The van der Waals surface area contributed by atoms with Crippen LogP contribution < -0.4 is 4.74 Å². The van der Waals surface area contributed by atoms with Crippen LogP contribution in [0.25, 0.3) is 5.69 Å². The predicted molar refractivity (Wildman–Crippen MR) is 85.2 cm³/mol. The number of para-hydroxylation sites is 2. The van der Waals surface area contributed by atoms with E-state index in [-0.39, 0.29) is 5.92 Å². The van der Waals surface area contributed by atoms with Crippen molar-refractivity contribution in [2.45, 2.75) is 46.0 Å². The maximum Gasteiger partial charge on any atom is 0.186 e. The number of hydrogen-bond acceptors (Lipinski definition) is 4. The molecule has 1 aromatic carbocycles. The van der Waals surface area contributed by atoms with E-state index in [4.69, 9.17) is 4.74 Å². The first kappa shape index (κ1) is 16.0. The second kappa shape index (κ2) is 7.60. The summed E-state index contributed by atoms with van der Waals surface area (Å²) in [6, 6.07) is 9.92.